The normalized spacial score (nSPS) is 28.9. The summed E-state index contributed by atoms with van der Waals surface area (Å²) < 4.78 is 0. The Bertz CT molecular complexity index is 325. The van der Waals surface area contributed by atoms with Crippen molar-refractivity contribution < 1.29 is 14.4 Å². The number of halogens is 1. The van der Waals surface area contributed by atoms with Gasteiger partial charge in [0.05, 0.1) is 11.1 Å². The molecule has 1 heterocycles. The van der Waals surface area contributed by atoms with Gasteiger partial charge in [0.25, 0.3) is 0 Å². The van der Waals surface area contributed by atoms with Crippen LogP contribution in [0, 0.1) is 0 Å². The first kappa shape index (κ1) is 13.5. The van der Waals surface area contributed by atoms with Crippen molar-refractivity contribution in [1.29, 1.82) is 0 Å². The van der Waals surface area contributed by atoms with E-state index in [-0.39, 0.29) is 12.2 Å². The molecule has 16 heavy (non-hydrogen) atoms. The molecule has 4 nitrogen and oxygen atoms in total. The van der Waals surface area contributed by atoms with Gasteiger partial charge in [0.15, 0.2) is 5.78 Å². The second-order valence-corrected chi connectivity index (χ2v) is 5.79. The van der Waals surface area contributed by atoms with Gasteiger partial charge in [-0.1, -0.05) is 0 Å². The van der Waals surface area contributed by atoms with Crippen LogP contribution in [0.5, 0.6) is 0 Å². The first-order valence-corrected chi connectivity index (χ1v) is 5.68. The Morgan fingerprint density at radius 1 is 1.44 bits per heavy atom. The number of carbonyl (C=O) groups excluding carboxylic acids is 2. The highest BCUT2D eigenvalue weighted by Crippen LogP contribution is 2.39. The maximum absolute atomic E-state index is 11.8. The van der Waals surface area contributed by atoms with Crippen LogP contribution in [-0.2, 0) is 14.4 Å². The average molecular weight is 248 g/mol. The molecule has 1 rings (SSSR count). The SMILES string of the molecule is CC(=O)ON1C(C)(C)CC(=O)[C@@H](Cl)C1(C)C. The minimum Gasteiger partial charge on any atom is -0.367 e. The van der Waals surface area contributed by atoms with Gasteiger partial charge < -0.3 is 4.84 Å². The predicted molar refractivity (Wildman–Crippen MR) is 61.0 cm³/mol. The summed E-state index contributed by atoms with van der Waals surface area (Å²) in [7, 11) is 0. The summed E-state index contributed by atoms with van der Waals surface area (Å²) in [5.74, 6) is -0.417. The fraction of sp³-hybridized carbons (Fsp3) is 0.818. The van der Waals surface area contributed by atoms with E-state index in [1.54, 1.807) is 18.9 Å². The molecule has 0 bridgehead atoms. The molecular weight excluding hydrogens is 230 g/mol. The van der Waals surface area contributed by atoms with Crippen LogP contribution in [0.1, 0.15) is 41.0 Å². The summed E-state index contributed by atoms with van der Waals surface area (Å²) in [6, 6.07) is 0. The van der Waals surface area contributed by atoms with Gasteiger partial charge in [-0.25, -0.2) is 0 Å². The largest absolute Gasteiger partial charge is 0.367 e. The standard InChI is InChI=1S/C11H18ClNO3/c1-7(14)16-13-10(2,3)6-8(15)9(12)11(13,4)5/h9H,6H2,1-5H3/t9-/m1/s1. The van der Waals surface area contributed by atoms with Crippen molar-refractivity contribution in [2.45, 2.75) is 57.5 Å². The monoisotopic (exact) mass is 247 g/mol. The number of nitrogens with zero attached hydrogens (tertiary/aromatic N) is 1. The molecular formula is C11H18ClNO3. The van der Waals surface area contributed by atoms with Crippen LogP contribution in [0.4, 0.5) is 0 Å². The van der Waals surface area contributed by atoms with E-state index in [4.69, 9.17) is 16.4 Å². The number of ketones is 1. The number of alkyl halides is 1. The van der Waals surface area contributed by atoms with Crippen LogP contribution in [0.25, 0.3) is 0 Å². The highest BCUT2D eigenvalue weighted by atomic mass is 35.5. The van der Waals surface area contributed by atoms with Crippen LogP contribution in [-0.4, -0.2) is 33.3 Å². The summed E-state index contributed by atoms with van der Waals surface area (Å²) in [6.07, 6.45) is 0.276. The van der Waals surface area contributed by atoms with Crippen molar-refractivity contribution in [3.63, 3.8) is 0 Å². The molecule has 5 heteroatoms. The second-order valence-electron chi connectivity index (χ2n) is 5.35. The molecule has 0 aromatic heterocycles. The third-order valence-corrected chi connectivity index (χ3v) is 3.58. The van der Waals surface area contributed by atoms with Crippen molar-refractivity contribution >= 4 is 23.4 Å². The number of piperidine rings is 1. The molecule has 0 amide bonds. The predicted octanol–water partition coefficient (Wildman–Crippen LogP) is 1.90. The quantitative estimate of drug-likeness (QED) is 0.664. The number of hydrogen-bond acceptors (Lipinski definition) is 4. The molecule has 0 saturated carbocycles. The number of rotatable bonds is 1. The zero-order valence-corrected chi connectivity index (χ0v) is 11.1. The number of carbonyl (C=O) groups is 2. The van der Waals surface area contributed by atoms with Crippen LogP contribution < -0.4 is 0 Å². The first-order valence-electron chi connectivity index (χ1n) is 5.24. The lowest BCUT2D eigenvalue weighted by atomic mass is 9.81. The zero-order valence-electron chi connectivity index (χ0n) is 10.3. The lowest BCUT2D eigenvalue weighted by Crippen LogP contribution is -2.66. The molecule has 0 radical (unpaired) electrons. The maximum Gasteiger partial charge on any atom is 0.322 e. The Morgan fingerprint density at radius 2 is 1.94 bits per heavy atom. The summed E-state index contributed by atoms with van der Waals surface area (Å²) in [6.45, 7) is 8.65. The number of Topliss-reactive ketones (excluding diaryl/α,β-unsaturated/α-hetero) is 1. The third-order valence-electron chi connectivity index (χ3n) is 2.80. The van der Waals surface area contributed by atoms with Gasteiger partial charge in [-0.2, -0.15) is 0 Å². The lowest BCUT2D eigenvalue weighted by molar-refractivity contribution is -0.258. The highest BCUT2D eigenvalue weighted by Gasteiger charge is 2.53. The fourth-order valence-electron chi connectivity index (χ4n) is 2.23. The number of hydroxylamine groups is 2. The van der Waals surface area contributed by atoms with E-state index in [9.17, 15) is 9.59 Å². The molecule has 1 fully saturated rings. The van der Waals surface area contributed by atoms with E-state index in [1.165, 1.54) is 6.92 Å². The molecule has 0 aromatic rings. The highest BCUT2D eigenvalue weighted by molar-refractivity contribution is 6.32. The molecule has 1 saturated heterocycles. The average Bonchev–Trinajstić information content (AvgIpc) is 2.09. The second kappa shape index (κ2) is 4.00. The molecule has 92 valence electrons. The minimum atomic E-state index is -0.702. The van der Waals surface area contributed by atoms with Crippen LogP contribution >= 0.6 is 11.6 Å². The van der Waals surface area contributed by atoms with Crippen molar-refractivity contribution in [3.05, 3.63) is 0 Å². The summed E-state index contributed by atoms with van der Waals surface area (Å²) in [5.41, 5.74) is -1.23. The molecule has 1 aliphatic heterocycles. The van der Waals surface area contributed by atoms with Gasteiger partial charge in [0.2, 0.25) is 0 Å². The van der Waals surface area contributed by atoms with E-state index in [0.29, 0.717) is 0 Å². The van der Waals surface area contributed by atoms with E-state index in [2.05, 4.69) is 0 Å². The summed E-state index contributed by atoms with van der Waals surface area (Å²) in [5, 5.41) is 0.876. The van der Waals surface area contributed by atoms with Gasteiger partial charge >= 0.3 is 5.97 Å². The van der Waals surface area contributed by atoms with Gasteiger partial charge in [-0.05, 0) is 27.7 Å². The van der Waals surface area contributed by atoms with Gasteiger partial charge in [0.1, 0.15) is 5.38 Å². The fourth-order valence-corrected chi connectivity index (χ4v) is 2.40. The van der Waals surface area contributed by atoms with Gasteiger partial charge in [-0.15, -0.1) is 16.7 Å². The Hall–Kier alpha value is -0.610. The Kier molecular flexibility index (Phi) is 3.37. The van der Waals surface area contributed by atoms with Crippen molar-refractivity contribution in [2.24, 2.45) is 0 Å². The molecule has 1 aliphatic rings. The molecule has 0 aromatic carbocycles. The minimum absolute atomic E-state index is 0.0138. The smallest absolute Gasteiger partial charge is 0.322 e. The zero-order chi connectivity index (χ0) is 12.7. The Morgan fingerprint density at radius 3 is 2.38 bits per heavy atom. The first-order chi connectivity index (χ1) is 7.09. The van der Waals surface area contributed by atoms with E-state index >= 15 is 0 Å². The maximum atomic E-state index is 11.8. The van der Waals surface area contributed by atoms with Crippen LogP contribution in [0.15, 0.2) is 0 Å². The molecule has 0 unspecified atom stereocenters. The molecule has 0 N–H and O–H groups in total. The third kappa shape index (κ3) is 2.23. The van der Waals surface area contributed by atoms with Crippen LogP contribution in [0.3, 0.4) is 0 Å². The Labute approximate surface area is 101 Å². The molecule has 0 aliphatic carbocycles. The Balaban J connectivity index is 3.09. The van der Waals surface area contributed by atoms with Crippen molar-refractivity contribution in [2.75, 3.05) is 0 Å². The molecule has 0 spiro atoms. The van der Waals surface area contributed by atoms with Gasteiger partial charge in [-0.3, -0.25) is 9.59 Å². The lowest BCUT2D eigenvalue weighted by Gasteiger charge is -2.51. The van der Waals surface area contributed by atoms with E-state index < -0.39 is 22.4 Å². The van der Waals surface area contributed by atoms with Crippen molar-refractivity contribution in [1.82, 2.24) is 5.06 Å². The van der Waals surface area contributed by atoms with E-state index in [0.717, 1.165) is 0 Å². The van der Waals surface area contributed by atoms with E-state index in [1.807, 2.05) is 13.8 Å². The topological polar surface area (TPSA) is 46.6 Å². The van der Waals surface area contributed by atoms with Gasteiger partial charge in [0, 0.05) is 13.3 Å². The number of hydrogen-bond donors (Lipinski definition) is 0. The van der Waals surface area contributed by atoms with Crippen molar-refractivity contribution in [3.8, 4) is 0 Å². The summed E-state index contributed by atoms with van der Waals surface area (Å²) >= 11 is 6.08. The summed E-state index contributed by atoms with van der Waals surface area (Å²) in [4.78, 5) is 28.0. The van der Waals surface area contributed by atoms with Crippen LogP contribution in [0.2, 0.25) is 0 Å². The molecule has 1 atom stereocenters.